The number of hydrogen-bond acceptors (Lipinski definition) is 3. The molecular weight excluding hydrogens is 260 g/mol. The van der Waals surface area contributed by atoms with Crippen LogP contribution in [0.4, 0.5) is 0 Å². The van der Waals surface area contributed by atoms with E-state index in [0.29, 0.717) is 11.7 Å². The molecule has 5 heteroatoms. The minimum absolute atomic E-state index is 0.102. The number of nitrogens with two attached hydrogens (primary N) is 1. The van der Waals surface area contributed by atoms with Gasteiger partial charge in [0, 0.05) is 19.0 Å². The lowest BCUT2D eigenvalue weighted by atomic mass is 9.99. The van der Waals surface area contributed by atoms with E-state index in [2.05, 4.69) is 12.1 Å². The van der Waals surface area contributed by atoms with Crippen molar-refractivity contribution in [3.63, 3.8) is 0 Å². The zero-order chi connectivity index (χ0) is 13.7. The topological polar surface area (TPSA) is 63.4 Å². The number of rotatable bonds is 5. The third kappa shape index (κ3) is 3.99. The van der Waals surface area contributed by atoms with Gasteiger partial charge in [0.2, 0.25) is 11.8 Å². The third-order valence-electron chi connectivity index (χ3n) is 3.28. The number of carbonyl (C=O) groups excluding carboxylic acids is 2. The second kappa shape index (κ2) is 6.61. The molecule has 4 nitrogen and oxygen atoms in total. The molecular formula is C14H18N2O2S. The molecule has 1 unspecified atom stereocenters. The molecule has 0 spiro atoms. The van der Waals surface area contributed by atoms with Gasteiger partial charge in [0.05, 0.1) is 11.5 Å². The highest BCUT2D eigenvalue weighted by Crippen LogP contribution is 2.27. The first-order chi connectivity index (χ1) is 9.16. The van der Waals surface area contributed by atoms with Crippen LogP contribution in [0.25, 0.3) is 0 Å². The van der Waals surface area contributed by atoms with Crippen molar-refractivity contribution in [1.29, 1.82) is 0 Å². The van der Waals surface area contributed by atoms with Crippen LogP contribution < -0.4 is 5.73 Å². The van der Waals surface area contributed by atoms with Crippen molar-refractivity contribution >= 4 is 23.6 Å². The minimum atomic E-state index is -0.374. The number of thioether (sulfide) groups is 1. The lowest BCUT2D eigenvalue weighted by Gasteiger charge is -2.16. The van der Waals surface area contributed by atoms with E-state index < -0.39 is 0 Å². The predicted octanol–water partition coefficient (Wildman–Crippen LogP) is 1.22. The molecule has 0 aliphatic carbocycles. The smallest absolute Gasteiger partial charge is 0.232 e. The molecule has 1 fully saturated rings. The van der Waals surface area contributed by atoms with Crippen LogP contribution in [-0.4, -0.2) is 41.3 Å². The first-order valence-corrected chi connectivity index (χ1v) is 7.51. The van der Waals surface area contributed by atoms with Crippen LogP contribution in [0.5, 0.6) is 0 Å². The van der Waals surface area contributed by atoms with Gasteiger partial charge in [-0.15, -0.1) is 11.8 Å². The van der Waals surface area contributed by atoms with Crippen LogP contribution in [0.2, 0.25) is 0 Å². The Morgan fingerprint density at radius 2 is 2.00 bits per heavy atom. The number of hydrogen-bond donors (Lipinski definition) is 1. The van der Waals surface area contributed by atoms with E-state index in [4.69, 9.17) is 5.73 Å². The zero-order valence-electron chi connectivity index (χ0n) is 10.7. The summed E-state index contributed by atoms with van der Waals surface area (Å²) in [6.45, 7) is 1.58. The molecule has 2 N–H and O–H groups in total. The standard InChI is InChI=1S/C14H18N2O2S/c15-13(17)9-19-10-14(18)16-7-6-12(8-16)11-4-2-1-3-5-11/h1-5,12H,6-10H2,(H2,15,17). The Labute approximate surface area is 117 Å². The molecule has 1 aromatic carbocycles. The normalized spacial score (nSPS) is 18.5. The number of benzene rings is 1. The van der Waals surface area contributed by atoms with Gasteiger partial charge >= 0.3 is 0 Å². The highest BCUT2D eigenvalue weighted by atomic mass is 32.2. The fraction of sp³-hybridized carbons (Fsp3) is 0.429. The van der Waals surface area contributed by atoms with E-state index in [1.54, 1.807) is 0 Å². The average molecular weight is 278 g/mol. The van der Waals surface area contributed by atoms with E-state index in [1.165, 1.54) is 17.3 Å². The van der Waals surface area contributed by atoms with Crippen molar-refractivity contribution in [3.8, 4) is 0 Å². The van der Waals surface area contributed by atoms with E-state index in [1.807, 2.05) is 23.1 Å². The van der Waals surface area contributed by atoms with E-state index in [-0.39, 0.29) is 17.6 Å². The average Bonchev–Trinajstić information content (AvgIpc) is 2.89. The highest BCUT2D eigenvalue weighted by Gasteiger charge is 2.26. The summed E-state index contributed by atoms with van der Waals surface area (Å²) in [7, 11) is 0. The van der Waals surface area contributed by atoms with Gasteiger partial charge in [-0.25, -0.2) is 0 Å². The molecule has 1 aliphatic heterocycles. The van der Waals surface area contributed by atoms with Crippen molar-refractivity contribution in [1.82, 2.24) is 4.90 Å². The van der Waals surface area contributed by atoms with Gasteiger partial charge in [0.25, 0.3) is 0 Å². The van der Waals surface area contributed by atoms with E-state index in [9.17, 15) is 9.59 Å². The van der Waals surface area contributed by atoms with Gasteiger partial charge < -0.3 is 10.6 Å². The van der Waals surface area contributed by atoms with Crippen LogP contribution in [0.15, 0.2) is 30.3 Å². The van der Waals surface area contributed by atoms with E-state index in [0.717, 1.165) is 19.5 Å². The lowest BCUT2D eigenvalue weighted by Crippen LogP contribution is -2.30. The number of amides is 2. The summed E-state index contributed by atoms with van der Waals surface area (Å²) >= 11 is 1.29. The highest BCUT2D eigenvalue weighted by molar-refractivity contribution is 8.00. The monoisotopic (exact) mass is 278 g/mol. The van der Waals surface area contributed by atoms with Crippen LogP contribution in [-0.2, 0) is 9.59 Å². The van der Waals surface area contributed by atoms with Crippen molar-refractivity contribution in [3.05, 3.63) is 35.9 Å². The SMILES string of the molecule is NC(=O)CSCC(=O)N1CCC(c2ccccc2)C1. The second-order valence-electron chi connectivity index (χ2n) is 4.70. The lowest BCUT2D eigenvalue weighted by molar-refractivity contribution is -0.127. The minimum Gasteiger partial charge on any atom is -0.369 e. The number of primary amides is 1. The molecule has 0 bridgehead atoms. The Morgan fingerprint density at radius 1 is 1.26 bits per heavy atom. The summed E-state index contributed by atoms with van der Waals surface area (Å²) in [5, 5.41) is 0. The Morgan fingerprint density at radius 3 is 2.68 bits per heavy atom. The first-order valence-electron chi connectivity index (χ1n) is 6.35. The van der Waals surface area contributed by atoms with Gasteiger partial charge in [0.1, 0.15) is 0 Å². The summed E-state index contributed by atoms with van der Waals surface area (Å²) in [4.78, 5) is 24.5. The molecule has 1 saturated heterocycles. The van der Waals surface area contributed by atoms with Crippen LogP contribution in [0.3, 0.4) is 0 Å². The molecule has 102 valence electrons. The zero-order valence-corrected chi connectivity index (χ0v) is 11.6. The molecule has 0 aromatic heterocycles. The van der Waals surface area contributed by atoms with Crippen molar-refractivity contribution < 1.29 is 9.59 Å². The van der Waals surface area contributed by atoms with Gasteiger partial charge in [-0.05, 0) is 12.0 Å². The maximum absolute atomic E-state index is 12.0. The van der Waals surface area contributed by atoms with Crippen LogP contribution in [0.1, 0.15) is 17.9 Å². The number of carbonyl (C=O) groups is 2. The summed E-state index contributed by atoms with van der Waals surface area (Å²) in [5.74, 6) is 0.712. The Hall–Kier alpha value is -1.49. The molecule has 1 atom stereocenters. The van der Waals surface area contributed by atoms with Gasteiger partial charge in [-0.2, -0.15) is 0 Å². The van der Waals surface area contributed by atoms with E-state index >= 15 is 0 Å². The Balaban J connectivity index is 1.81. The molecule has 1 aromatic rings. The molecule has 19 heavy (non-hydrogen) atoms. The molecule has 1 aliphatic rings. The predicted molar refractivity (Wildman–Crippen MR) is 76.9 cm³/mol. The maximum Gasteiger partial charge on any atom is 0.232 e. The maximum atomic E-state index is 12.0. The van der Waals surface area contributed by atoms with Crippen molar-refractivity contribution in [2.75, 3.05) is 24.6 Å². The number of likely N-dealkylation sites (tertiary alicyclic amines) is 1. The molecule has 2 rings (SSSR count). The summed E-state index contributed by atoms with van der Waals surface area (Å²) in [6.07, 6.45) is 1.01. The quantitative estimate of drug-likeness (QED) is 0.881. The fourth-order valence-corrected chi connectivity index (χ4v) is 2.97. The third-order valence-corrected chi connectivity index (χ3v) is 4.22. The van der Waals surface area contributed by atoms with Gasteiger partial charge in [0.15, 0.2) is 0 Å². The van der Waals surface area contributed by atoms with Gasteiger partial charge in [-0.1, -0.05) is 30.3 Å². The number of nitrogens with zero attached hydrogens (tertiary/aromatic N) is 1. The molecule has 0 radical (unpaired) electrons. The van der Waals surface area contributed by atoms with Crippen molar-refractivity contribution in [2.45, 2.75) is 12.3 Å². The fourth-order valence-electron chi connectivity index (χ4n) is 2.31. The molecule has 2 amide bonds. The van der Waals surface area contributed by atoms with Crippen LogP contribution >= 0.6 is 11.8 Å². The van der Waals surface area contributed by atoms with Crippen molar-refractivity contribution in [2.24, 2.45) is 5.73 Å². The largest absolute Gasteiger partial charge is 0.369 e. The summed E-state index contributed by atoms with van der Waals surface area (Å²) in [6, 6.07) is 10.3. The Bertz CT molecular complexity index is 450. The Kier molecular flexibility index (Phi) is 4.85. The van der Waals surface area contributed by atoms with Crippen LogP contribution in [0, 0.1) is 0 Å². The molecule has 1 heterocycles. The van der Waals surface area contributed by atoms with Gasteiger partial charge in [-0.3, -0.25) is 9.59 Å². The summed E-state index contributed by atoms with van der Waals surface area (Å²) in [5.41, 5.74) is 6.34. The first kappa shape index (κ1) is 13.9. The summed E-state index contributed by atoms with van der Waals surface area (Å²) < 4.78 is 0. The second-order valence-corrected chi connectivity index (χ2v) is 5.68. The molecule has 0 saturated carbocycles.